The SMILES string of the molecule is CC1(C)CN(c2cc(N)nc(N)n2)CCS1. The van der Waals surface area contributed by atoms with Crippen LogP contribution in [0.3, 0.4) is 0 Å². The van der Waals surface area contributed by atoms with Crippen molar-refractivity contribution in [2.75, 3.05) is 35.2 Å². The zero-order chi connectivity index (χ0) is 11.8. The Balaban J connectivity index is 2.23. The van der Waals surface area contributed by atoms with Crippen molar-refractivity contribution in [1.82, 2.24) is 9.97 Å². The molecule has 16 heavy (non-hydrogen) atoms. The summed E-state index contributed by atoms with van der Waals surface area (Å²) in [6, 6.07) is 1.78. The van der Waals surface area contributed by atoms with E-state index in [4.69, 9.17) is 11.5 Å². The highest BCUT2D eigenvalue weighted by molar-refractivity contribution is 8.00. The van der Waals surface area contributed by atoms with Crippen molar-refractivity contribution in [3.05, 3.63) is 6.07 Å². The van der Waals surface area contributed by atoms with Gasteiger partial charge in [-0.15, -0.1) is 0 Å². The Kier molecular flexibility index (Phi) is 2.84. The number of hydrogen-bond acceptors (Lipinski definition) is 6. The molecule has 0 radical (unpaired) electrons. The molecular weight excluding hydrogens is 222 g/mol. The van der Waals surface area contributed by atoms with Gasteiger partial charge in [0, 0.05) is 29.7 Å². The van der Waals surface area contributed by atoms with Crippen LogP contribution >= 0.6 is 11.8 Å². The fourth-order valence-corrected chi connectivity index (χ4v) is 2.96. The highest BCUT2D eigenvalue weighted by atomic mass is 32.2. The molecule has 1 aromatic heterocycles. The van der Waals surface area contributed by atoms with Crippen LogP contribution in [0.5, 0.6) is 0 Å². The van der Waals surface area contributed by atoms with Crippen molar-refractivity contribution in [3.8, 4) is 0 Å². The van der Waals surface area contributed by atoms with Crippen LogP contribution in [0.15, 0.2) is 6.07 Å². The first kappa shape index (κ1) is 11.3. The first-order chi connectivity index (χ1) is 7.46. The summed E-state index contributed by atoms with van der Waals surface area (Å²) < 4.78 is 0.243. The van der Waals surface area contributed by atoms with Crippen LogP contribution in [0.25, 0.3) is 0 Å². The van der Waals surface area contributed by atoms with Gasteiger partial charge in [0.2, 0.25) is 5.95 Å². The molecule has 6 heteroatoms. The Bertz CT molecular complexity index is 373. The van der Waals surface area contributed by atoms with Gasteiger partial charge >= 0.3 is 0 Å². The smallest absolute Gasteiger partial charge is 0.223 e. The van der Waals surface area contributed by atoms with Crippen LogP contribution < -0.4 is 16.4 Å². The van der Waals surface area contributed by atoms with E-state index in [0.717, 1.165) is 24.7 Å². The molecular formula is C10H17N5S. The molecule has 0 aromatic carbocycles. The highest BCUT2D eigenvalue weighted by Crippen LogP contribution is 2.31. The standard InChI is InChI=1S/C10H17N5S/c1-10(2)6-15(3-4-16-10)8-5-7(11)13-9(12)14-8/h5H,3-4,6H2,1-2H3,(H4,11,12,13,14). The van der Waals surface area contributed by atoms with E-state index in [1.165, 1.54) is 0 Å². The van der Waals surface area contributed by atoms with Crippen molar-refractivity contribution < 1.29 is 0 Å². The maximum atomic E-state index is 5.67. The molecule has 0 amide bonds. The lowest BCUT2D eigenvalue weighted by atomic mass is 10.2. The summed E-state index contributed by atoms with van der Waals surface area (Å²) in [5, 5.41) is 0. The van der Waals surface area contributed by atoms with E-state index in [1.807, 2.05) is 11.8 Å². The number of hydrogen-bond donors (Lipinski definition) is 2. The zero-order valence-electron chi connectivity index (χ0n) is 9.60. The minimum atomic E-state index is 0.242. The zero-order valence-corrected chi connectivity index (χ0v) is 10.4. The van der Waals surface area contributed by atoms with E-state index < -0.39 is 0 Å². The number of rotatable bonds is 1. The average molecular weight is 239 g/mol. The lowest BCUT2D eigenvalue weighted by Gasteiger charge is -2.38. The fourth-order valence-electron chi connectivity index (χ4n) is 1.85. The molecule has 0 spiro atoms. The second-order valence-electron chi connectivity index (χ2n) is 4.54. The van der Waals surface area contributed by atoms with Gasteiger partial charge < -0.3 is 16.4 Å². The van der Waals surface area contributed by atoms with Crippen LogP contribution in [0.4, 0.5) is 17.6 Å². The van der Waals surface area contributed by atoms with Crippen molar-refractivity contribution in [3.63, 3.8) is 0 Å². The summed E-state index contributed by atoms with van der Waals surface area (Å²) in [6.45, 7) is 6.40. The first-order valence-corrected chi connectivity index (χ1v) is 6.24. The number of nitrogens with two attached hydrogens (primary N) is 2. The monoisotopic (exact) mass is 239 g/mol. The Hall–Kier alpha value is -1.17. The third-order valence-corrected chi connectivity index (χ3v) is 3.80. The molecule has 1 fully saturated rings. The molecule has 1 saturated heterocycles. The summed E-state index contributed by atoms with van der Waals surface area (Å²) >= 11 is 1.98. The summed E-state index contributed by atoms with van der Waals surface area (Å²) in [5.41, 5.74) is 11.3. The predicted octanol–water partition coefficient (Wildman–Crippen LogP) is 0.973. The van der Waals surface area contributed by atoms with Crippen molar-refractivity contribution in [2.45, 2.75) is 18.6 Å². The fraction of sp³-hybridized carbons (Fsp3) is 0.600. The van der Waals surface area contributed by atoms with Crippen LogP contribution in [0.1, 0.15) is 13.8 Å². The summed E-state index contributed by atoms with van der Waals surface area (Å²) in [4.78, 5) is 10.3. The molecule has 0 saturated carbocycles. The first-order valence-electron chi connectivity index (χ1n) is 5.25. The molecule has 5 nitrogen and oxygen atoms in total. The third-order valence-electron chi connectivity index (χ3n) is 2.50. The Morgan fingerprint density at radius 1 is 1.38 bits per heavy atom. The van der Waals surface area contributed by atoms with Gasteiger partial charge in [0.05, 0.1) is 0 Å². The van der Waals surface area contributed by atoms with Gasteiger partial charge in [-0.1, -0.05) is 0 Å². The van der Waals surface area contributed by atoms with Crippen molar-refractivity contribution in [2.24, 2.45) is 0 Å². The second kappa shape index (κ2) is 4.01. The largest absolute Gasteiger partial charge is 0.383 e. The molecule has 88 valence electrons. The Labute approximate surface area is 99.6 Å². The number of anilines is 3. The molecule has 0 bridgehead atoms. The third kappa shape index (κ3) is 2.49. The number of nitrogens with zero attached hydrogens (tertiary/aromatic N) is 3. The van der Waals surface area contributed by atoms with Gasteiger partial charge in [0.25, 0.3) is 0 Å². The molecule has 2 rings (SSSR count). The number of thioether (sulfide) groups is 1. The average Bonchev–Trinajstić information content (AvgIpc) is 2.14. The van der Waals surface area contributed by atoms with Gasteiger partial charge in [0.15, 0.2) is 0 Å². The maximum Gasteiger partial charge on any atom is 0.223 e. The van der Waals surface area contributed by atoms with E-state index in [2.05, 4.69) is 28.7 Å². The van der Waals surface area contributed by atoms with Gasteiger partial charge in [0.1, 0.15) is 11.6 Å². The lowest BCUT2D eigenvalue weighted by Crippen LogP contribution is -2.43. The quantitative estimate of drug-likeness (QED) is 0.760. The Morgan fingerprint density at radius 2 is 2.12 bits per heavy atom. The minimum Gasteiger partial charge on any atom is -0.383 e. The van der Waals surface area contributed by atoms with Crippen molar-refractivity contribution >= 4 is 29.3 Å². The van der Waals surface area contributed by atoms with E-state index >= 15 is 0 Å². The summed E-state index contributed by atoms with van der Waals surface area (Å²) in [7, 11) is 0. The van der Waals surface area contributed by atoms with Crippen LogP contribution in [0, 0.1) is 0 Å². The van der Waals surface area contributed by atoms with E-state index in [9.17, 15) is 0 Å². The second-order valence-corrected chi connectivity index (χ2v) is 6.34. The molecule has 4 N–H and O–H groups in total. The molecule has 0 aliphatic carbocycles. The minimum absolute atomic E-state index is 0.242. The molecule has 1 aromatic rings. The number of nitrogen functional groups attached to an aromatic ring is 2. The molecule has 2 heterocycles. The van der Waals surface area contributed by atoms with Crippen LogP contribution in [-0.2, 0) is 0 Å². The summed E-state index contributed by atoms with van der Waals surface area (Å²) in [5.74, 6) is 2.60. The maximum absolute atomic E-state index is 5.67. The normalized spacial score (nSPS) is 19.8. The van der Waals surface area contributed by atoms with E-state index in [-0.39, 0.29) is 10.7 Å². The Morgan fingerprint density at radius 3 is 2.75 bits per heavy atom. The lowest BCUT2D eigenvalue weighted by molar-refractivity contribution is 0.642. The molecule has 1 aliphatic heterocycles. The van der Waals surface area contributed by atoms with Gasteiger partial charge in [-0.25, -0.2) is 0 Å². The van der Waals surface area contributed by atoms with E-state index in [1.54, 1.807) is 6.07 Å². The van der Waals surface area contributed by atoms with Gasteiger partial charge in [-0.3, -0.25) is 0 Å². The molecule has 0 atom stereocenters. The van der Waals surface area contributed by atoms with Crippen LogP contribution in [0.2, 0.25) is 0 Å². The van der Waals surface area contributed by atoms with Crippen molar-refractivity contribution in [1.29, 1.82) is 0 Å². The predicted molar refractivity (Wildman–Crippen MR) is 69.6 cm³/mol. The van der Waals surface area contributed by atoms with Gasteiger partial charge in [-0.05, 0) is 13.8 Å². The molecule has 1 aliphatic rings. The molecule has 0 unspecified atom stereocenters. The highest BCUT2D eigenvalue weighted by Gasteiger charge is 2.27. The summed E-state index contributed by atoms with van der Waals surface area (Å²) in [6.07, 6.45) is 0. The topological polar surface area (TPSA) is 81.1 Å². The van der Waals surface area contributed by atoms with E-state index in [0.29, 0.717) is 5.82 Å². The van der Waals surface area contributed by atoms with Gasteiger partial charge in [-0.2, -0.15) is 21.7 Å². The number of aromatic nitrogens is 2. The van der Waals surface area contributed by atoms with Crippen LogP contribution in [-0.4, -0.2) is 33.6 Å².